The molecule has 1 aromatic carbocycles. The van der Waals surface area contributed by atoms with Crippen molar-refractivity contribution in [2.45, 2.75) is 4.90 Å². The van der Waals surface area contributed by atoms with Gasteiger partial charge in [0.15, 0.2) is 0 Å². The van der Waals surface area contributed by atoms with Gasteiger partial charge < -0.3 is 9.47 Å². The average Bonchev–Trinajstić information content (AvgIpc) is 2.26. The molecule has 0 aliphatic rings. The second kappa shape index (κ2) is 5.46. The minimum Gasteiger partial charge on any atom is -0.430 e. The zero-order valence-electron chi connectivity index (χ0n) is 8.70. The topological polar surface area (TPSA) is 89.9 Å². The second-order valence-electron chi connectivity index (χ2n) is 2.90. The van der Waals surface area contributed by atoms with E-state index in [1.807, 2.05) is 0 Å². The first-order valence-electron chi connectivity index (χ1n) is 4.46. The van der Waals surface area contributed by atoms with Crippen molar-refractivity contribution in [3.05, 3.63) is 36.9 Å². The number of carbonyl (C=O) groups is 1. The summed E-state index contributed by atoms with van der Waals surface area (Å²) in [6.07, 6.45) is 0.451. The van der Waals surface area contributed by atoms with Crippen LogP contribution >= 0.6 is 0 Å². The first-order valence-corrected chi connectivity index (χ1v) is 5.90. The maximum Gasteiger partial charge on any atom is 0.514 e. The van der Waals surface area contributed by atoms with Crippen LogP contribution in [0.4, 0.5) is 4.79 Å². The van der Waals surface area contributed by atoms with Crippen molar-refractivity contribution in [3.63, 3.8) is 0 Å². The lowest BCUT2D eigenvalue weighted by molar-refractivity contribution is 0.109. The highest BCUT2D eigenvalue weighted by molar-refractivity contribution is 7.85. The predicted octanol–water partition coefficient (Wildman–Crippen LogP) is 1.63. The summed E-state index contributed by atoms with van der Waals surface area (Å²) in [7, 11) is -4.25. The summed E-state index contributed by atoms with van der Waals surface area (Å²) in [4.78, 5) is 10.7. The summed E-state index contributed by atoms with van der Waals surface area (Å²) < 4.78 is 39.4. The summed E-state index contributed by atoms with van der Waals surface area (Å²) in [6.45, 7) is 3.37. The Morgan fingerprint density at radius 1 is 1.35 bits per heavy atom. The Hall–Kier alpha value is -1.86. The summed E-state index contributed by atoms with van der Waals surface area (Å²) in [5.74, 6) is 0.103. The fraction of sp³-hybridized carbons (Fsp3) is 0.100. The molecule has 0 radical (unpaired) electrons. The van der Waals surface area contributed by atoms with Gasteiger partial charge in [-0.25, -0.2) is 4.79 Å². The molecule has 0 saturated heterocycles. The van der Waals surface area contributed by atoms with Crippen LogP contribution in [0.15, 0.2) is 41.8 Å². The molecule has 0 spiro atoms. The molecule has 1 N–H and O–H groups in total. The Labute approximate surface area is 98.2 Å². The van der Waals surface area contributed by atoms with Crippen LogP contribution in [0.25, 0.3) is 0 Å². The number of ether oxygens (including phenoxy) is 2. The lowest BCUT2D eigenvalue weighted by Crippen LogP contribution is -2.10. The molecule has 0 atom stereocenters. The van der Waals surface area contributed by atoms with Gasteiger partial charge in [-0.3, -0.25) is 4.55 Å². The molecule has 6 nitrogen and oxygen atoms in total. The van der Waals surface area contributed by atoms with E-state index in [4.69, 9.17) is 9.29 Å². The summed E-state index contributed by atoms with van der Waals surface area (Å²) in [5.41, 5.74) is 0. The highest BCUT2D eigenvalue weighted by Crippen LogP contribution is 2.16. The summed E-state index contributed by atoms with van der Waals surface area (Å²) in [6, 6.07) is 4.65. The number of hydrogen-bond acceptors (Lipinski definition) is 5. The molecule has 1 aromatic rings. The second-order valence-corrected chi connectivity index (χ2v) is 4.32. The third-order valence-corrected chi connectivity index (χ3v) is 2.51. The molecule has 7 heteroatoms. The molecule has 0 bridgehead atoms. The Balaban J connectivity index is 2.69. The number of hydrogen-bond donors (Lipinski definition) is 1. The molecule has 0 aliphatic heterocycles. The maximum atomic E-state index is 11.0. The molecule has 0 unspecified atom stereocenters. The number of rotatable bonds is 4. The van der Waals surface area contributed by atoms with Crippen LogP contribution in [0.5, 0.6) is 5.75 Å². The van der Waals surface area contributed by atoms with Crippen molar-refractivity contribution < 1.29 is 27.2 Å². The predicted molar refractivity (Wildman–Crippen MR) is 58.4 cm³/mol. The van der Waals surface area contributed by atoms with E-state index in [0.717, 1.165) is 12.1 Å². The fourth-order valence-electron chi connectivity index (χ4n) is 0.932. The van der Waals surface area contributed by atoms with Gasteiger partial charge in [-0.2, -0.15) is 8.42 Å². The van der Waals surface area contributed by atoms with Gasteiger partial charge in [-0.1, -0.05) is 12.7 Å². The molecule has 0 aromatic heterocycles. The Bertz CT molecular complexity index is 502. The van der Waals surface area contributed by atoms with E-state index in [9.17, 15) is 13.2 Å². The van der Waals surface area contributed by atoms with E-state index in [2.05, 4.69) is 11.3 Å². The van der Waals surface area contributed by atoms with Crippen molar-refractivity contribution in [3.8, 4) is 5.75 Å². The van der Waals surface area contributed by atoms with E-state index in [-0.39, 0.29) is 17.3 Å². The average molecular weight is 258 g/mol. The van der Waals surface area contributed by atoms with E-state index in [1.165, 1.54) is 18.2 Å². The van der Waals surface area contributed by atoms with Gasteiger partial charge in [0.05, 0.1) is 4.90 Å². The molecule has 0 aliphatic carbocycles. The van der Waals surface area contributed by atoms with Crippen molar-refractivity contribution in [2.75, 3.05) is 6.61 Å². The fourth-order valence-corrected chi connectivity index (χ4v) is 1.41. The molecular weight excluding hydrogens is 248 g/mol. The molecular formula is C10H10O6S. The number of benzene rings is 1. The maximum absolute atomic E-state index is 11.0. The monoisotopic (exact) mass is 258 g/mol. The van der Waals surface area contributed by atoms with Crippen molar-refractivity contribution in [1.29, 1.82) is 0 Å². The molecule has 17 heavy (non-hydrogen) atoms. The summed E-state index contributed by atoms with van der Waals surface area (Å²) in [5, 5.41) is 0. The van der Waals surface area contributed by atoms with E-state index in [1.54, 1.807) is 0 Å². The summed E-state index contributed by atoms with van der Waals surface area (Å²) >= 11 is 0. The van der Waals surface area contributed by atoms with Gasteiger partial charge in [0.1, 0.15) is 12.4 Å². The third-order valence-electron chi connectivity index (χ3n) is 1.64. The van der Waals surface area contributed by atoms with Gasteiger partial charge in [-0.15, -0.1) is 0 Å². The lowest BCUT2D eigenvalue weighted by atomic mass is 10.3. The smallest absolute Gasteiger partial charge is 0.430 e. The zero-order chi connectivity index (χ0) is 12.9. The van der Waals surface area contributed by atoms with Crippen LogP contribution in [-0.2, 0) is 14.9 Å². The number of carbonyl (C=O) groups excluding carboxylic acids is 1. The van der Waals surface area contributed by atoms with Crippen LogP contribution in [-0.4, -0.2) is 25.7 Å². The van der Waals surface area contributed by atoms with Crippen LogP contribution in [0.1, 0.15) is 0 Å². The van der Waals surface area contributed by atoms with Gasteiger partial charge in [0, 0.05) is 0 Å². The molecule has 0 amide bonds. The first kappa shape index (κ1) is 13.2. The van der Waals surface area contributed by atoms with Crippen molar-refractivity contribution >= 4 is 16.3 Å². The minimum atomic E-state index is -4.25. The van der Waals surface area contributed by atoms with Gasteiger partial charge in [-0.05, 0) is 24.3 Å². The Morgan fingerprint density at radius 2 is 1.94 bits per heavy atom. The van der Waals surface area contributed by atoms with Gasteiger partial charge >= 0.3 is 6.16 Å². The van der Waals surface area contributed by atoms with Gasteiger partial charge in [0.2, 0.25) is 0 Å². The molecule has 0 fully saturated rings. The van der Waals surface area contributed by atoms with Crippen molar-refractivity contribution in [2.24, 2.45) is 0 Å². The highest BCUT2D eigenvalue weighted by Gasteiger charge is 2.10. The van der Waals surface area contributed by atoms with E-state index >= 15 is 0 Å². The normalized spacial score (nSPS) is 10.6. The third kappa shape index (κ3) is 4.25. The lowest BCUT2D eigenvalue weighted by Gasteiger charge is -2.04. The van der Waals surface area contributed by atoms with Crippen molar-refractivity contribution in [1.82, 2.24) is 0 Å². The van der Waals surface area contributed by atoms with E-state index in [0.29, 0.717) is 0 Å². The minimum absolute atomic E-state index is 0.0158. The molecule has 0 heterocycles. The molecule has 0 saturated carbocycles. The molecule has 92 valence electrons. The van der Waals surface area contributed by atoms with Crippen LogP contribution in [0.3, 0.4) is 0 Å². The van der Waals surface area contributed by atoms with Crippen LogP contribution < -0.4 is 4.74 Å². The zero-order valence-corrected chi connectivity index (χ0v) is 9.51. The van der Waals surface area contributed by atoms with Gasteiger partial charge in [0.25, 0.3) is 10.1 Å². The SMILES string of the molecule is C=CCOC(=O)Oc1ccc(S(=O)(=O)O)cc1. The Morgan fingerprint density at radius 3 is 2.41 bits per heavy atom. The van der Waals surface area contributed by atoms with E-state index < -0.39 is 16.3 Å². The molecule has 1 rings (SSSR count). The standard InChI is InChI=1S/C10H10O6S/c1-2-7-15-10(11)16-8-3-5-9(6-4-8)17(12,13)14/h2-6H,1,7H2,(H,12,13,14). The highest BCUT2D eigenvalue weighted by atomic mass is 32.2. The largest absolute Gasteiger partial charge is 0.514 e. The van der Waals surface area contributed by atoms with Crippen LogP contribution in [0.2, 0.25) is 0 Å². The van der Waals surface area contributed by atoms with Crippen LogP contribution in [0, 0.1) is 0 Å². The Kier molecular flexibility index (Phi) is 4.24. The first-order chi connectivity index (χ1) is 7.93. The quantitative estimate of drug-likeness (QED) is 0.382.